The van der Waals surface area contributed by atoms with Gasteiger partial charge in [-0.05, 0) is 79.2 Å². The molecule has 0 aliphatic carbocycles. The number of carbonyl (C=O) groups is 2. The first-order valence-electron chi connectivity index (χ1n) is 14.1. The van der Waals surface area contributed by atoms with Gasteiger partial charge < -0.3 is 20.4 Å². The normalized spacial score (nSPS) is 16.8. The van der Waals surface area contributed by atoms with E-state index in [4.69, 9.17) is 0 Å². The van der Waals surface area contributed by atoms with Crippen molar-refractivity contribution >= 4 is 29.0 Å². The third-order valence-corrected chi connectivity index (χ3v) is 7.86. The molecule has 0 saturated carbocycles. The number of hydrogen-bond acceptors (Lipinski definition) is 3. The van der Waals surface area contributed by atoms with Gasteiger partial charge in [0.25, 0.3) is 5.91 Å². The molecule has 0 unspecified atom stereocenters. The molecular formula is C31H44N4O2. The van der Waals surface area contributed by atoms with Crippen LogP contribution in [-0.2, 0) is 0 Å². The number of likely N-dealkylation sites (tertiary alicyclic amines) is 1. The minimum absolute atomic E-state index is 0.0737. The molecule has 2 aromatic rings. The number of benzene rings is 2. The number of urea groups is 1. The molecule has 2 N–H and O–H groups in total. The van der Waals surface area contributed by atoms with Gasteiger partial charge in [-0.1, -0.05) is 52.8 Å². The van der Waals surface area contributed by atoms with Gasteiger partial charge in [0.1, 0.15) is 0 Å². The van der Waals surface area contributed by atoms with Crippen LogP contribution in [0, 0.1) is 5.92 Å². The van der Waals surface area contributed by atoms with Gasteiger partial charge in [-0.2, -0.15) is 0 Å². The summed E-state index contributed by atoms with van der Waals surface area (Å²) < 4.78 is 0. The van der Waals surface area contributed by atoms with Gasteiger partial charge in [-0.15, -0.1) is 0 Å². The molecule has 2 saturated heterocycles. The van der Waals surface area contributed by atoms with E-state index in [1.54, 1.807) is 0 Å². The van der Waals surface area contributed by atoms with Crippen LogP contribution in [0.5, 0.6) is 0 Å². The van der Waals surface area contributed by atoms with E-state index in [2.05, 4.69) is 68.4 Å². The molecule has 6 nitrogen and oxygen atoms in total. The average Bonchev–Trinajstić information content (AvgIpc) is 2.89. The van der Waals surface area contributed by atoms with Crippen molar-refractivity contribution in [3.05, 3.63) is 53.1 Å². The zero-order valence-electron chi connectivity index (χ0n) is 23.3. The minimum Gasteiger partial charge on any atom is -0.371 e. The topological polar surface area (TPSA) is 64.7 Å². The molecule has 4 rings (SSSR count). The standard InChI is InChI=1S/C31H44N4O2/c1-21(2)25-10-9-11-26(22(3)4)29(25)33-31(37)32-24-12-13-28(34-18-14-23(5)15-19-34)27(20-24)30(36)35-16-7-6-8-17-35/h9-13,20-23H,6-8,14-19H2,1-5H3,(H2,32,33,37). The van der Waals surface area contributed by atoms with Gasteiger partial charge >= 0.3 is 6.03 Å². The van der Waals surface area contributed by atoms with Crippen LogP contribution in [0.15, 0.2) is 36.4 Å². The lowest BCUT2D eigenvalue weighted by Crippen LogP contribution is -2.38. The highest BCUT2D eigenvalue weighted by atomic mass is 16.2. The second-order valence-corrected chi connectivity index (χ2v) is 11.5. The summed E-state index contributed by atoms with van der Waals surface area (Å²) in [6.07, 6.45) is 5.55. The first-order chi connectivity index (χ1) is 17.7. The van der Waals surface area contributed by atoms with E-state index < -0.39 is 0 Å². The third-order valence-electron chi connectivity index (χ3n) is 7.86. The second kappa shape index (κ2) is 12.0. The zero-order chi connectivity index (χ0) is 26.5. The van der Waals surface area contributed by atoms with Crippen LogP contribution in [0.25, 0.3) is 0 Å². The van der Waals surface area contributed by atoms with E-state index >= 15 is 0 Å². The van der Waals surface area contributed by atoms with Gasteiger partial charge in [-0.25, -0.2) is 4.79 Å². The highest BCUT2D eigenvalue weighted by Crippen LogP contribution is 2.33. The predicted octanol–water partition coefficient (Wildman–Crippen LogP) is 7.44. The van der Waals surface area contributed by atoms with Crippen molar-refractivity contribution in [1.29, 1.82) is 0 Å². The Morgan fingerprint density at radius 3 is 2.05 bits per heavy atom. The Balaban J connectivity index is 1.59. The summed E-state index contributed by atoms with van der Waals surface area (Å²) in [5, 5.41) is 6.15. The summed E-state index contributed by atoms with van der Waals surface area (Å²) in [7, 11) is 0. The fourth-order valence-electron chi connectivity index (χ4n) is 5.55. The largest absolute Gasteiger partial charge is 0.371 e. The maximum absolute atomic E-state index is 13.7. The van der Waals surface area contributed by atoms with E-state index in [9.17, 15) is 9.59 Å². The first kappa shape index (κ1) is 27.0. The molecule has 6 heteroatoms. The van der Waals surface area contributed by atoms with E-state index in [-0.39, 0.29) is 23.8 Å². The molecule has 2 heterocycles. The van der Waals surface area contributed by atoms with Crippen LogP contribution in [-0.4, -0.2) is 43.0 Å². The molecule has 2 fully saturated rings. The Hall–Kier alpha value is -3.02. The molecule has 3 amide bonds. The summed E-state index contributed by atoms with van der Waals surface area (Å²) in [5.74, 6) is 1.36. The Kier molecular flexibility index (Phi) is 8.78. The Labute approximate surface area is 222 Å². The van der Waals surface area contributed by atoms with Gasteiger partial charge in [0.2, 0.25) is 0 Å². The van der Waals surface area contributed by atoms with Crippen LogP contribution < -0.4 is 15.5 Å². The van der Waals surface area contributed by atoms with E-state index in [0.29, 0.717) is 17.2 Å². The van der Waals surface area contributed by atoms with Crippen molar-refractivity contribution in [3.8, 4) is 0 Å². The molecule has 2 aromatic carbocycles. The molecule has 37 heavy (non-hydrogen) atoms. The first-order valence-corrected chi connectivity index (χ1v) is 14.1. The number of amides is 3. The smallest absolute Gasteiger partial charge is 0.323 e. The number of anilines is 3. The van der Waals surface area contributed by atoms with E-state index in [0.717, 1.165) is 74.4 Å². The molecule has 2 aliphatic heterocycles. The molecule has 0 radical (unpaired) electrons. The van der Waals surface area contributed by atoms with Crippen LogP contribution >= 0.6 is 0 Å². The maximum atomic E-state index is 13.7. The number of para-hydroxylation sites is 1. The van der Waals surface area contributed by atoms with Crippen molar-refractivity contribution in [1.82, 2.24) is 4.90 Å². The predicted molar refractivity (Wildman–Crippen MR) is 154 cm³/mol. The van der Waals surface area contributed by atoms with Gasteiger partial charge in [0.15, 0.2) is 0 Å². The average molecular weight is 505 g/mol. The Morgan fingerprint density at radius 1 is 0.838 bits per heavy atom. The number of piperidine rings is 2. The second-order valence-electron chi connectivity index (χ2n) is 11.5. The minimum atomic E-state index is -0.286. The lowest BCUT2D eigenvalue weighted by Gasteiger charge is -2.35. The van der Waals surface area contributed by atoms with Gasteiger partial charge in [-0.3, -0.25) is 4.79 Å². The van der Waals surface area contributed by atoms with Crippen LogP contribution in [0.2, 0.25) is 0 Å². The van der Waals surface area contributed by atoms with Crippen molar-refractivity contribution in [2.75, 3.05) is 41.7 Å². The third kappa shape index (κ3) is 6.46. The van der Waals surface area contributed by atoms with Crippen LogP contribution in [0.1, 0.15) is 100 Å². The fraction of sp³-hybridized carbons (Fsp3) is 0.548. The summed E-state index contributed by atoms with van der Waals surface area (Å²) >= 11 is 0. The van der Waals surface area contributed by atoms with E-state index in [1.807, 2.05) is 23.1 Å². The SMILES string of the molecule is CC1CCN(c2ccc(NC(=O)Nc3c(C(C)C)cccc3C(C)C)cc2C(=O)N2CCCCC2)CC1. The molecule has 0 spiro atoms. The quantitative estimate of drug-likeness (QED) is 0.430. The van der Waals surface area contributed by atoms with Crippen molar-refractivity contribution in [2.45, 2.75) is 78.6 Å². The molecule has 2 aliphatic rings. The van der Waals surface area contributed by atoms with Gasteiger partial charge in [0.05, 0.1) is 5.56 Å². The van der Waals surface area contributed by atoms with Crippen LogP contribution in [0.3, 0.4) is 0 Å². The highest BCUT2D eigenvalue weighted by molar-refractivity contribution is 6.04. The highest BCUT2D eigenvalue weighted by Gasteiger charge is 2.26. The van der Waals surface area contributed by atoms with Gasteiger partial charge in [0, 0.05) is 43.2 Å². The molecule has 0 atom stereocenters. The molecular weight excluding hydrogens is 460 g/mol. The monoisotopic (exact) mass is 504 g/mol. The summed E-state index contributed by atoms with van der Waals surface area (Å²) in [6, 6.07) is 11.8. The van der Waals surface area contributed by atoms with E-state index in [1.165, 1.54) is 6.42 Å². The number of nitrogens with one attached hydrogen (secondary N) is 2. The number of carbonyl (C=O) groups excluding carboxylic acids is 2. The lowest BCUT2D eigenvalue weighted by atomic mass is 9.93. The molecule has 0 aromatic heterocycles. The summed E-state index contributed by atoms with van der Waals surface area (Å²) in [6.45, 7) is 14.4. The molecule has 0 bridgehead atoms. The number of rotatable bonds is 6. The fourth-order valence-corrected chi connectivity index (χ4v) is 5.55. The lowest BCUT2D eigenvalue weighted by molar-refractivity contribution is 0.0725. The van der Waals surface area contributed by atoms with Crippen LogP contribution in [0.4, 0.5) is 21.9 Å². The maximum Gasteiger partial charge on any atom is 0.323 e. The van der Waals surface area contributed by atoms with Crippen molar-refractivity contribution < 1.29 is 9.59 Å². The Morgan fingerprint density at radius 2 is 1.46 bits per heavy atom. The number of hydrogen-bond donors (Lipinski definition) is 2. The Bertz CT molecular complexity index is 1070. The molecule has 200 valence electrons. The van der Waals surface area contributed by atoms with Crippen molar-refractivity contribution in [3.63, 3.8) is 0 Å². The summed E-state index contributed by atoms with van der Waals surface area (Å²) in [5.41, 5.74) is 5.45. The number of nitrogens with zero attached hydrogens (tertiary/aromatic N) is 2. The zero-order valence-corrected chi connectivity index (χ0v) is 23.3. The van der Waals surface area contributed by atoms with Crippen molar-refractivity contribution in [2.24, 2.45) is 5.92 Å². The summed E-state index contributed by atoms with van der Waals surface area (Å²) in [4.78, 5) is 31.2.